The van der Waals surface area contributed by atoms with E-state index < -0.39 is 11.9 Å². The number of hydrogen-bond acceptors (Lipinski definition) is 6. The maximum Gasteiger partial charge on any atom is 0.323 e. The molecule has 0 aliphatic rings. The van der Waals surface area contributed by atoms with Crippen LogP contribution in [0.4, 0.5) is 5.13 Å². The summed E-state index contributed by atoms with van der Waals surface area (Å²) in [5.41, 5.74) is 4.42. The maximum atomic E-state index is 13.4. The molecule has 36 heavy (non-hydrogen) atoms. The molecule has 0 bridgehead atoms. The number of benzene rings is 2. The highest BCUT2D eigenvalue weighted by atomic mass is 79.9. The number of thiazole rings is 1. The highest BCUT2D eigenvalue weighted by molar-refractivity contribution is 9.10. The van der Waals surface area contributed by atoms with Crippen LogP contribution in [0.15, 0.2) is 34.8 Å². The number of hydrogen-bond donors (Lipinski definition) is 2. The van der Waals surface area contributed by atoms with Gasteiger partial charge in [0.15, 0.2) is 5.13 Å². The van der Waals surface area contributed by atoms with E-state index in [0.717, 1.165) is 36.9 Å². The number of halogens is 1. The van der Waals surface area contributed by atoms with E-state index in [1.165, 1.54) is 11.3 Å². The van der Waals surface area contributed by atoms with E-state index >= 15 is 0 Å². The van der Waals surface area contributed by atoms with Crippen molar-refractivity contribution < 1.29 is 24.2 Å². The first-order valence-corrected chi connectivity index (χ1v) is 12.8. The van der Waals surface area contributed by atoms with Gasteiger partial charge in [0.1, 0.15) is 23.7 Å². The zero-order valence-electron chi connectivity index (χ0n) is 20.6. The van der Waals surface area contributed by atoms with Crippen LogP contribution in [0.3, 0.4) is 0 Å². The molecule has 0 aliphatic heterocycles. The first-order chi connectivity index (χ1) is 17.2. The fraction of sp³-hybridized carbons (Fsp3) is 0.269. The molecule has 2 heterocycles. The molecule has 8 nitrogen and oxygen atoms in total. The quantitative estimate of drug-likeness (QED) is 0.266. The van der Waals surface area contributed by atoms with Gasteiger partial charge in [0, 0.05) is 21.9 Å². The Morgan fingerprint density at radius 1 is 1.11 bits per heavy atom. The Balaban J connectivity index is 1.75. The van der Waals surface area contributed by atoms with E-state index in [1.807, 2.05) is 39.0 Å². The first kappa shape index (κ1) is 25.7. The van der Waals surface area contributed by atoms with Gasteiger partial charge in [-0.05, 0) is 60.0 Å². The molecular weight excluding hydrogens is 546 g/mol. The summed E-state index contributed by atoms with van der Waals surface area (Å²) < 4.78 is 13.3. The molecule has 1 amide bonds. The van der Waals surface area contributed by atoms with Crippen LogP contribution >= 0.6 is 27.3 Å². The summed E-state index contributed by atoms with van der Waals surface area (Å²) in [6.07, 6.45) is 0.702. The molecule has 4 rings (SSSR count). The van der Waals surface area contributed by atoms with E-state index in [2.05, 4.69) is 21.2 Å². The van der Waals surface area contributed by atoms with Crippen LogP contribution in [-0.2, 0) is 17.8 Å². The van der Waals surface area contributed by atoms with Gasteiger partial charge >= 0.3 is 5.97 Å². The number of amides is 1. The van der Waals surface area contributed by atoms with Gasteiger partial charge in [0.2, 0.25) is 0 Å². The molecule has 0 fully saturated rings. The third kappa shape index (κ3) is 4.83. The zero-order valence-corrected chi connectivity index (χ0v) is 23.0. The van der Waals surface area contributed by atoms with Crippen molar-refractivity contribution in [2.24, 2.45) is 0 Å². The largest absolute Gasteiger partial charge is 0.496 e. The normalized spacial score (nSPS) is 11.1. The summed E-state index contributed by atoms with van der Waals surface area (Å²) in [4.78, 5) is 30.7. The van der Waals surface area contributed by atoms with E-state index in [-0.39, 0.29) is 12.2 Å². The van der Waals surface area contributed by atoms with Crippen molar-refractivity contribution in [1.82, 2.24) is 9.55 Å². The van der Waals surface area contributed by atoms with Crippen LogP contribution in [0.5, 0.6) is 11.5 Å². The second kappa shape index (κ2) is 10.3. The van der Waals surface area contributed by atoms with Crippen LogP contribution in [0, 0.1) is 13.8 Å². The number of nitrogens with zero attached hydrogens (tertiary/aromatic N) is 2. The molecule has 2 N–H and O–H groups in total. The predicted octanol–water partition coefficient (Wildman–Crippen LogP) is 6.06. The van der Waals surface area contributed by atoms with Gasteiger partial charge in [-0.2, -0.15) is 0 Å². The molecule has 188 valence electrons. The topological polar surface area (TPSA) is 103 Å². The number of aryl methyl sites for hydroxylation is 3. The molecule has 2 aromatic carbocycles. The predicted molar refractivity (Wildman–Crippen MR) is 145 cm³/mol. The smallest absolute Gasteiger partial charge is 0.323 e. The lowest BCUT2D eigenvalue weighted by molar-refractivity contribution is -0.137. The second-order valence-corrected chi connectivity index (χ2v) is 10.3. The third-order valence-corrected chi connectivity index (χ3v) is 7.56. The van der Waals surface area contributed by atoms with E-state index in [4.69, 9.17) is 14.5 Å². The zero-order chi connectivity index (χ0) is 26.1. The molecule has 0 atom stereocenters. The minimum absolute atomic E-state index is 0.265. The Bertz CT molecular complexity index is 1490. The Morgan fingerprint density at radius 3 is 2.47 bits per heavy atom. The lowest BCUT2D eigenvalue weighted by Crippen LogP contribution is -2.20. The average molecular weight is 572 g/mol. The molecule has 0 radical (unpaired) electrons. The van der Waals surface area contributed by atoms with Crippen LogP contribution in [-0.4, -0.2) is 40.8 Å². The minimum Gasteiger partial charge on any atom is -0.496 e. The second-order valence-electron chi connectivity index (χ2n) is 8.31. The number of nitrogens with one attached hydrogen (secondary N) is 1. The lowest BCUT2D eigenvalue weighted by Gasteiger charge is -2.12. The van der Waals surface area contributed by atoms with Gasteiger partial charge in [0.25, 0.3) is 5.91 Å². The molecule has 0 unspecified atom stereocenters. The summed E-state index contributed by atoms with van der Waals surface area (Å²) in [6.45, 7) is 5.58. The Kier molecular flexibility index (Phi) is 7.37. The van der Waals surface area contributed by atoms with Gasteiger partial charge in [-0.15, -0.1) is 11.3 Å². The molecule has 0 saturated carbocycles. The number of aromatic nitrogens is 2. The molecule has 0 aliphatic carbocycles. The standard InChI is InChI=1S/C26H26BrN3O5S/c1-6-21-23(16-10-17(27)20(35-5)11-19(16)34-4)28-26(36-21)29-25(33)18-9-15-8-13(2)7-14(3)24(15)30(18)12-22(31)32/h7-11H,6,12H2,1-5H3,(H,31,32)(H,28,29,33). The number of carboxylic acid groups (broad SMARTS) is 1. The maximum absolute atomic E-state index is 13.4. The van der Waals surface area contributed by atoms with Gasteiger partial charge in [-0.25, -0.2) is 4.98 Å². The van der Waals surface area contributed by atoms with Crippen molar-refractivity contribution in [2.75, 3.05) is 19.5 Å². The van der Waals surface area contributed by atoms with Crippen molar-refractivity contribution in [1.29, 1.82) is 0 Å². The van der Waals surface area contributed by atoms with Crippen molar-refractivity contribution in [3.8, 4) is 22.8 Å². The van der Waals surface area contributed by atoms with Crippen molar-refractivity contribution in [3.05, 3.63) is 56.5 Å². The number of anilines is 1. The summed E-state index contributed by atoms with van der Waals surface area (Å²) >= 11 is 4.90. The molecule has 2 aromatic heterocycles. The van der Waals surface area contributed by atoms with Crippen molar-refractivity contribution in [3.63, 3.8) is 0 Å². The van der Waals surface area contributed by atoms with Gasteiger partial charge in [0.05, 0.1) is 29.9 Å². The van der Waals surface area contributed by atoms with E-state index in [1.54, 1.807) is 30.9 Å². The Labute approximate surface area is 221 Å². The number of aliphatic carboxylic acids is 1. The Morgan fingerprint density at radius 2 is 1.83 bits per heavy atom. The molecule has 10 heteroatoms. The highest BCUT2D eigenvalue weighted by Crippen LogP contribution is 2.42. The molecule has 4 aromatic rings. The Hall–Kier alpha value is -3.37. The van der Waals surface area contributed by atoms with E-state index in [0.29, 0.717) is 28.7 Å². The highest BCUT2D eigenvalue weighted by Gasteiger charge is 2.23. The fourth-order valence-electron chi connectivity index (χ4n) is 4.37. The van der Waals surface area contributed by atoms with Gasteiger partial charge in [-0.3, -0.25) is 14.9 Å². The number of fused-ring (bicyclic) bond motifs is 1. The summed E-state index contributed by atoms with van der Waals surface area (Å²) in [6, 6.07) is 9.32. The van der Waals surface area contributed by atoms with Crippen LogP contribution in [0.1, 0.15) is 33.4 Å². The summed E-state index contributed by atoms with van der Waals surface area (Å²) in [7, 11) is 3.16. The molecular formula is C26H26BrN3O5S. The number of methoxy groups -OCH3 is 2. The van der Waals surface area contributed by atoms with Gasteiger partial charge < -0.3 is 19.1 Å². The minimum atomic E-state index is -1.02. The SMILES string of the molecule is CCc1sc(NC(=O)c2cc3cc(C)cc(C)c3n2CC(=O)O)nc1-c1cc(Br)c(OC)cc1OC. The lowest BCUT2D eigenvalue weighted by atomic mass is 10.1. The number of carbonyl (C=O) groups is 2. The molecule has 0 spiro atoms. The van der Waals surface area contributed by atoms with Crippen LogP contribution in [0.2, 0.25) is 0 Å². The number of carbonyl (C=O) groups excluding carboxylic acids is 1. The number of ether oxygens (including phenoxy) is 2. The van der Waals surface area contributed by atoms with E-state index in [9.17, 15) is 14.7 Å². The summed E-state index contributed by atoms with van der Waals surface area (Å²) in [5.74, 6) is -0.214. The van der Waals surface area contributed by atoms with Crippen molar-refractivity contribution in [2.45, 2.75) is 33.7 Å². The fourth-order valence-corrected chi connectivity index (χ4v) is 5.78. The monoisotopic (exact) mass is 571 g/mol. The van der Waals surface area contributed by atoms with Crippen LogP contribution < -0.4 is 14.8 Å². The molecule has 0 saturated heterocycles. The van der Waals surface area contributed by atoms with Gasteiger partial charge in [-0.1, -0.05) is 18.6 Å². The number of carboxylic acids is 1. The third-order valence-electron chi connectivity index (χ3n) is 5.82. The first-order valence-electron chi connectivity index (χ1n) is 11.2. The number of rotatable bonds is 8. The van der Waals surface area contributed by atoms with Crippen LogP contribution in [0.25, 0.3) is 22.2 Å². The summed E-state index contributed by atoms with van der Waals surface area (Å²) in [5, 5.41) is 13.6. The van der Waals surface area contributed by atoms with Crippen molar-refractivity contribution >= 4 is 55.2 Å². The average Bonchev–Trinajstić information content (AvgIpc) is 3.39.